The molecule has 2 aliphatic rings. The number of aromatic nitrogens is 5. The van der Waals surface area contributed by atoms with Gasteiger partial charge in [0, 0.05) is 38.4 Å². The predicted molar refractivity (Wildman–Crippen MR) is 157 cm³/mol. The molecule has 38 heavy (non-hydrogen) atoms. The van der Waals surface area contributed by atoms with Crippen LogP contribution in [0.25, 0.3) is 11.6 Å². The minimum Gasteiger partial charge on any atom is -0.378 e. The minimum absolute atomic E-state index is 0.306. The first-order chi connectivity index (χ1) is 18.3. The lowest BCUT2D eigenvalue weighted by Gasteiger charge is -2.43. The molecule has 1 N–H and O–H groups in total. The summed E-state index contributed by atoms with van der Waals surface area (Å²) in [5.41, 5.74) is 5.14. The zero-order chi connectivity index (χ0) is 26.8. The van der Waals surface area contributed by atoms with Gasteiger partial charge in [-0.3, -0.25) is 4.90 Å². The van der Waals surface area contributed by atoms with E-state index in [-0.39, 0.29) is 0 Å². The average Bonchev–Trinajstić information content (AvgIpc) is 3.16. The molecule has 0 bridgehead atoms. The molecule has 5 heterocycles. The number of pyridine rings is 1. The van der Waals surface area contributed by atoms with Crippen LogP contribution in [0.1, 0.15) is 42.7 Å². The smallest absolute Gasteiger partial charge is 0.228 e. The Labute approximate surface area is 227 Å². The monoisotopic (exact) mass is 532 g/mol. The quantitative estimate of drug-likeness (QED) is 0.347. The lowest BCUT2D eigenvalue weighted by molar-refractivity contribution is -0.0660. The van der Waals surface area contributed by atoms with Gasteiger partial charge in [0.25, 0.3) is 0 Å². The van der Waals surface area contributed by atoms with Gasteiger partial charge in [-0.15, -0.1) is 9.24 Å². The van der Waals surface area contributed by atoms with Gasteiger partial charge in [-0.05, 0) is 56.3 Å². The molecule has 2 aliphatic heterocycles. The third-order valence-electron chi connectivity index (χ3n) is 7.28. The summed E-state index contributed by atoms with van der Waals surface area (Å²) in [4.78, 5) is 23.3. The number of anilines is 3. The van der Waals surface area contributed by atoms with Crippen molar-refractivity contribution in [2.45, 2.75) is 39.8 Å². The molecule has 1 unspecified atom stereocenters. The molecule has 0 spiro atoms. The number of ether oxygens (including phenoxy) is 1. The normalized spacial score (nSPS) is 17.1. The summed E-state index contributed by atoms with van der Waals surface area (Å²) in [6.07, 6.45) is 9.63. The fourth-order valence-electron chi connectivity index (χ4n) is 5.15. The average molecular weight is 533 g/mol. The lowest BCUT2D eigenvalue weighted by atomic mass is 10.0. The molecule has 0 radical (unpaired) electrons. The van der Waals surface area contributed by atoms with E-state index in [1.807, 2.05) is 44.6 Å². The van der Waals surface area contributed by atoms with E-state index in [1.54, 1.807) is 0 Å². The van der Waals surface area contributed by atoms with Crippen LogP contribution in [0.2, 0.25) is 0 Å². The molecule has 9 nitrogen and oxygen atoms in total. The molecular formula is C28H37N8OP. The number of hydrogen-bond acceptors (Lipinski definition) is 8. The van der Waals surface area contributed by atoms with Crippen molar-refractivity contribution in [3.05, 3.63) is 60.1 Å². The van der Waals surface area contributed by atoms with Crippen molar-refractivity contribution < 1.29 is 4.74 Å². The Kier molecular flexibility index (Phi) is 7.88. The molecule has 5 rings (SSSR count). The Morgan fingerprint density at radius 2 is 1.82 bits per heavy atom. The second kappa shape index (κ2) is 11.3. The zero-order valence-electron chi connectivity index (χ0n) is 22.7. The summed E-state index contributed by atoms with van der Waals surface area (Å²) in [5.74, 6) is 2.20. The topological polar surface area (TPSA) is 84.2 Å². The van der Waals surface area contributed by atoms with Crippen LogP contribution in [-0.2, 0) is 4.74 Å². The van der Waals surface area contributed by atoms with Gasteiger partial charge in [0.1, 0.15) is 11.6 Å². The maximum Gasteiger partial charge on any atom is 0.228 e. The molecule has 0 amide bonds. The van der Waals surface area contributed by atoms with Crippen LogP contribution in [0, 0.1) is 13.8 Å². The number of aryl methyl sites for hydroxylation is 2. The highest BCUT2D eigenvalue weighted by molar-refractivity contribution is 7.27. The number of hydrogen-bond donors (Lipinski definition) is 1. The predicted octanol–water partition coefficient (Wildman–Crippen LogP) is 3.76. The van der Waals surface area contributed by atoms with E-state index in [1.165, 1.54) is 0 Å². The van der Waals surface area contributed by atoms with Gasteiger partial charge in [-0.2, -0.15) is 0 Å². The Balaban J connectivity index is 1.31. The van der Waals surface area contributed by atoms with Crippen LogP contribution in [0.4, 0.5) is 17.5 Å². The third-order valence-corrected chi connectivity index (χ3v) is 7.74. The van der Waals surface area contributed by atoms with Gasteiger partial charge >= 0.3 is 0 Å². The molecule has 10 heteroatoms. The zero-order valence-corrected chi connectivity index (χ0v) is 23.8. The Hall–Kier alpha value is -3.13. The molecular weight excluding hydrogens is 495 g/mol. The van der Waals surface area contributed by atoms with Crippen molar-refractivity contribution in [2.24, 2.45) is 0 Å². The van der Waals surface area contributed by atoms with Crippen LogP contribution in [0.15, 0.2) is 37.3 Å². The number of piperazine rings is 1. The molecule has 3 aromatic rings. The third kappa shape index (κ3) is 5.51. The molecule has 2 saturated heterocycles. The summed E-state index contributed by atoms with van der Waals surface area (Å²) < 4.78 is 7.59. The van der Waals surface area contributed by atoms with Crippen molar-refractivity contribution in [3.63, 3.8) is 0 Å². The molecule has 3 aromatic heterocycles. The highest BCUT2D eigenvalue weighted by Gasteiger charge is 2.29. The van der Waals surface area contributed by atoms with Gasteiger partial charge in [0.2, 0.25) is 5.95 Å². The highest BCUT2D eigenvalue weighted by Crippen LogP contribution is 2.26. The van der Waals surface area contributed by atoms with Crippen LogP contribution < -0.4 is 15.5 Å². The van der Waals surface area contributed by atoms with Crippen molar-refractivity contribution >= 4 is 43.6 Å². The SMILES string of the molecule is C=C/C(=C\c1c(C)nc(C)n1C(C)C)c1cc(Nc2ncc(N3CCN(C4COC4)CC3)cn2)ncc1P. The number of nitrogens with zero attached hydrogens (tertiary/aromatic N) is 7. The van der Waals surface area contributed by atoms with Crippen molar-refractivity contribution in [1.82, 2.24) is 29.4 Å². The summed E-state index contributed by atoms with van der Waals surface area (Å²) in [6.45, 7) is 18.3. The first-order valence-electron chi connectivity index (χ1n) is 13.1. The van der Waals surface area contributed by atoms with Gasteiger partial charge in [0.15, 0.2) is 0 Å². The van der Waals surface area contributed by atoms with Crippen molar-refractivity contribution in [3.8, 4) is 0 Å². The largest absolute Gasteiger partial charge is 0.378 e. The van der Waals surface area contributed by atoms with Gasteiger partial charge in [-0.1, -0.05) is 12.7 Å². The van der Waals surface area contributed by atoms with E-state index in [9.17, 15) is 0 Å². The summed E-state index contributed by atoms with van der Waals surface area (Å²) in [6, 6.07) is 2.90. The standard InChI is InChI=1S/C28H37N8OP/c1-6-21(11-25-19(4)32-20(5)36(25)18(2)3)24-12-27(29-15-26(24)38)33-28-30-13-22(14-31-28)34-7-9-35(10-8-34)23-16-37-17-23/h6,11-15,18,23H,1,7-10,16-17,38H2,2-5H3,(H,29,30,31,33)/b21-11+. The second-order valence-corrected chi connectivity index (χ2v) is 10.8. The lowest BCUT2D eigenvalue weighted by Crippen LogP contribution is -2.56. The first kappa shape index (κ1) is 26.5. The summed E-state index contributed by atoms with van der Waals surface area (Å²) in [7, 11) is 2.77. The number of allylic oxidation sites excluding steroid dienone is 2. The molecule has 2 fully saturated rings. The highest BCUT2D eigenvalue weighted by atomic mass is 31.0. The van der Waals surface area contributed by atoms with Gasteiger partial charge in [0.05, 0.1) is 48.7 Å². The molecule has 0 aliphatic carbocycles. The fourth-order valence-corrected chi connectivity index (χ4v) is 5.47. The van der Waals surface area contributed by atoms with E-state index in [2.05, 4.69) is 70.4 Å². The number of nitrogens with one attached hydrogen (secondary N) is 1. The molecule has 1 atom stereocenters. The van der Waals surface area contributed by atoms with E-state index < -0.39 is 0 Å². The summed E-state index contributed by atoms with van der Waals surface area (Å²) in [5, 5.41) is 4.25. The number of imidazole rings is 1. The van der Waals surface area contributed by atoms with Gasteiger partial charge in [-0.25, -0.2) is 19.9 Å². The fraction of sp³-hybridized carbons (Fsp3) is 0.429. The first-order valence-corrected chi connectivity index (χ1v) is 13.7. The Bertz CT molecular complexity index is 1320. The van der Waals surface area contributed by atoms with Crippen LogP contribution in [-0.4, -0.2) is 74.8 Å². The van der Waals surface area contributed by atoms with Crippen molar-refractivity contribution in [1.29, 1.82) is 0 Å². The minimum atomic E-state index is 0.306. The van der Waals surface area contributed by atoms with E-state index in [0.717, 1.165) is 78.7 Å². The maximum absolute atomic E-state index is 5.34. The van der Waals surface area contributed by atoms with Gasteiger partial charge < -0.3 is 19.5 Å². The van der Waals surface area contributed by atoms with E-state index in [0.29, 0.717) is 23.8 Å². The van der Waals surface area contributed by atoms with E-state index in [4.69, 9.17) is 9.72 Å². The van der Waals surface area contributed by atoms with Crippen molar-refractivity contribution in [2.75, 3.05) is 49.6 Å². The Morgan fingerprint density at radius 3 is 2.42 bits per heavy atom. The second-order valence-electron chi connectivity index (χ2n) is 10.2. The Morgan fingerprint density at radius 1 is 1.11 bits per heavy atom. The van der Waals surface area contributed by atoms with Crippen LogP contribution in [0.3, 0.4) is 0 Å². The van der Waals surface area contributed by atoms with Crippen LogP contribution in [0.5, 0.6) is 0 Å². The molecule has 0 saturated carbocycles. The molecule has 0 aromatic carbocycles. The van der Waals surface area contributed by atoms with Crippen LogP contribution >= 0.6 is 9.24 Å². The molecule has 200 valence electrons. The van der Waals surface area contributed by atoms with E-state index >= 15 is 0 Å². The maximum atomic E-state index is 5.34. The summed E-state index contributed by atoms with van der Waals surface area (Å²) >= 11 is 0. The number of rotatable bonds is 8.